The molecule has 27 heavy (non-hydrogen) atoms. The first-order chi connectivity index (χ1) is 12.7. The topological polar surface area (TPSA) is 89.5 Å². The normalized spacial score (nSPS) is 11.0. The molecule has 0 fully saturated rings. The standard InChI is InChI=1S/C18H15ClFNO5S/c1-2-9-21-27(24,25)17-10-13(5-8-15(17)20)18(23)26-11-16(22)12-3-6-14(19)7-4-12/h2-8,10,21H,1,9,11H2. The van der Waals surface area contributed by atoms with Gasteiger partial charge in [0.2, 0.25) is 10.0 Å². The van der Waals surface area contributed by atoms with E-state index in [2.05, 4.69) is 11.3 Å². The molecule has 6 nitrogen and oxygen atoms in total. The highest BCUT2D eigenvalue weighted by Gasteiger charge is 2.21. The summed E-state index contributed by atoms with van der Waals surface area (Å²) in [6.45, 7) is 2.70. The average Bonchev–Trinajstić information content (AvgIpc) is 2.65. The zero-order valence-corrected chi connectivity index (χ0v) is 15.5. The Kier molecular flexibility index (Phi) is 6.84. The monoisotopic (exact) mass is 411 g/mol. The SMILES string of the molecule is C=CCNS(=O)(=O)c1cc(C(=O)OCC(=O)c2ccc(Cl)cc2)ccc1F. The molecule has 9 heteroatoms. The lowest BCUT2D eigenvalue weighted by atomic mass is 10.1. The van der Waals surface area contributed by atoms with Gasteiger partial charge < -0.3 is 4.74 Å². The third-order valence-electron chi connectivity index (χ3n) is 3.37. The number of esters is 1. The largest absolute Gasteiger partial charge is 0.454 e. The summed E-state index contributed by atoms with van der Waals surface area (Å²) in [7, 11) is -4.17. The van der Waals surface area contributed by atoms with Crippen molar-refractivity contribution in [3.63, 3.8) is 0 Å². The van der Waals surface area contributed by atoms with Crippen LogP contribution in [0.1, 0.15) is 20.7 Å². The van der Waals surface area contributed by atoms with E-state index in [-0.39, 0.29) is 12.1 Å². The molecular weight excluding hydrogens is 397 g/mol. The maximum Gasteiger partial charge on any atom is 0.338 e. The lowest BCUT2D eigenvalue weighted by Gasteiger charge is -2.09. The maximum atomic E-state index is 13.9. The van der Waals surface area contributed by atoms with Gasteiger partial charge in [0.15, 0.2) is 12.4 Å². The quantitative estimate of drug-likeness (QED) is 0.410. The summed E-state index contributed by atoms with van der Waals surface area (Å²) in [5.74, 6) is -2.46. The van der Waals surface area contributed by atoms with Crippen molar-refractivity contribution in [3.05, 3.63) is 77.1 Å². The van der Waals surface area contributed by atoms with Gasteiger partial charge in [-0.3, -0.25) is 4.79 Å². The first-order valence-electron chi connectivity index (χ1n) is 7.60. The Morgan fingerprint density at radius 1 is 1.15 bits per heavy atom. The van der Waals surface area contributed by atoms with Crippen LogP contribution in [0.25, 0.3) is 0 Å². The summed E-state index contributed by atoms with van der Waals surface area (Å²) in [6.07, 6.45) is 1.29. The second-order valence-electron chi connectivity index (χ2n) is 5.29. The van der Waals surface area contributed by atoms with Gasteiger partial charge >= 0.3 is 5.97 Å². The molecule has 2 rings (SSSR count). The molecule has 0 radical (unpaired) electrons. The Morgan fingerprint density at radius 3 is 2.41 bits per heavy atom. The lowest BCUT2D eigenvalue weighted by molar-refractivity contribution is 0.0474. The summed E-state index contributed by atoms with van der Waals surface area (Å²) >= 11 is 5.73. The summed E-state index contributed by atoms with van der Waals surface area (Å²) < 4.78 is 45.0. The Hall–Kier alpha value is -2.55. The highest BCUT2D eigenvalue weighted by atomic mass is 35.5. The Balaban J connectivity index is 2.12. The van der Waals surface area contributed by atoms with E-state index in [0.29, 0.717) is 10.6 Å². The first-order valence-corrected chi connectivity index (χ1v) is 9.46. The molecule has 0 unspecified atom stereocenters. The number of benzene rings is 2. The molecular formula is C18H15ClFNO5S. The van der Waals surface area contributed by atoms with E-state index >= 15 is 0 Å². The zero-order valence-electron chi connectivity index (χ0n) is 13.9. The summed E-state index contributed by atoms with van der Waals surface area (Å²) in [5.41, 5.74) is 0.0856. The van der Waals surface area contributed by atoms with Gasteiger partial charge in [-0.05, 0) is 42.5 Å². The van der Waals surface area contributed by atoms with Crippen LogP contribution in [-0.2, 0) is 14.8 Å². The fourth-order valence-electron chi connectivity index (χ4n) is 2.02. The van der Waals surface area contributed by atoms with E-state index in [1.165, 1.54) is 30.3 Å². The Morgan fingerprint density at radius 2 is 1.78 bits per heavy atom. The molecule has 0 aliphatic rings. The Labute approximate surface area is 160 Å². The minimum Gasteiger partial charge on any atom is -0.454 e. The first kappa shape index (κ1) is 20.8. The van der Waals surface area contributed by atoms with Gasteiger partial charge in [0.1, 0.15) is 10.7 Å². The molecule has 0 atom stereocenters. The lowest BCUT2D eigenvalue weighted by Crippen LogP contribution is -2.25. The zero-order chi connectivity index (χ0) is 20.0. The van der Waals surface area contributed by atoms with Crippen LogP contribution in [-0.4, -0.2) is 33.3 Å². The molecule has 0 aromatic heterocycles. The highest BCUT2D eigenvalue weighted by molar-refractivity contribution is 7.89. The van der Waals surface area contributed by atoms with Crippen molar-refractivity contribution in [1.82, 2.24) is 4.72 Å². The second-order valence-corrected chi connectivity index (χ2v) is 7.46. The number of rotatable bonds is 8. The number of carbonyl (C=O) groups excluding carboxylic acids is 2. The van der Waals surface area contributed by atoms with Crippen LogP contribution in [0.5, 0.6) is 0 Å². The van der Waals surface area contributed by atoms with Crippen molar-refractivity contribution in [2.75, 3.05) is 13.2 Å². The number of hydrogen-bond acceptors (Lipinski definition) is 5. The minimum atomic E-state index is -4.17. The van der Waals surface area contributed by atoms with Crippen LogP contribution in [0.2, 0.25) is 5.02 Å². The van der Waals surface area contributed by atoms with Crippen LogP contribution >= 0.6 is 11.6 Å². The number of ketones is 1. The number of sulfonamides is 1. The van der Waals surface area contributed by atoms with E-state index in [1.54, 1.807) is 0 Å². The molecule has 0 amide bonds. The molecule has 2 aromatic rings. The van der Waals surface area contributed by atoms with Gasteiger partial charge in [-0.2, -0.15) is 0 Å². The van der Waals surface area contributed by atoms with E-state index < -0.39 is 39.1 Å². The van der Waals surface area contributed by atoms with Gasteiger partial charge in [-0.25, -0.2) is 22.3 Å². The third kappa shape index (κ3) is 5.46. The van der Waals surface area contributed by atoms with Gasteiger partial charge in [-0.1, -0.05) is 17.7 Å². The van der Waals surface area contributed by atoms with E-state index in [9.17, 15) is 22.4 Å². The van der Waals surface area contributed by atoms with Crippen molar-refractivity contribution in [2.24, 2.45) is 0 Å². The number of nitrogens with one attached hydrogen (secondary N) is 1. The number of carbonyl (C=O) groups is 2. The van der Waals surface area contributed by atoms with Crippen LogP contribution in [0, 0.1) is 5.82 Å². The van der Waals surface area contributed by atoms with Gasteiger partial charge in [0.25, 0.3) is 0 Å². The molecule has 2 aromatic carbocycles. The molecule has 0 aliphatic heterocycles. The fourth-order valence-corrected chi connectivity index (χ4v) is 3.24. The van der Waals surface area contributed by atoms with Crippen LogP contribution in [0.4, 0.5) is 4.39 Å². The van der Waals surface area contributed by atoms with Crippen molar-refractivity contribution >= 4 is 33.4 Å². The highest BCUT2D eigenvalue weighted by Crippen LogP contribution is 2.17. The van der Waals surface area contributed by atoms with Crippen LogP contribution in [0.15, 0.2) is 60.0 Å². The molecule has 142 valence electrons. The fraction of sp³-hybridized carbons (Fsp3) is 0.111. The number of ether oxygens (including phenoxy) is 1. The molecule has 0 saturated carbocycles. The molecule has 1 N–H and O–H groups in total. The molecule has 0 bridgehead atoms. The predicted molar refractivity (Wildman–Crippen MR) is 97.9 cm³/mol. The van der Waals surface area contributed by atoms with E-state index in [0.717, 1.165) is 18.2 Å². The van der Waals surface area contributed by atoms with Crippen molar-refractivity contribution in [3.8, 4) is 0 Å². The summed E-state index contributed by atoms with van der Waals surface area (Å²) in [6, 6.07) is 8.74. The van der Waals surface area contributed by atoms with E-state index in [1.807, 2.05) is 0 Å². The van der Waals surface area contributed by atoms with Crippen molar-refractivity contribution < 1.29 is 27.1 Å². The van der Waals surface area contributed by atoms with E-state index in [4.69, 9.17) is 16.3 Å². The minimum absolute atomic E-state index is 0.105. The number of Topliss-reactive ketones (excluding diaryl/α,β-unsaturated/α-hetero) is 1. The average molecular weight is 412 g/mol. The van der Waals surface area contributed by atoms with Gasteiger partial charge in [0.05, 0.1) is 5.56 Å². The summed E-state index contributed by atoms with van der Waals surface area (Å²) in [4.78, 5) is 23.4. The molecule has 0 heterocycles. The van der Waals surface area contributed by atoms with Crippen molar-refractivity contribution in [1.29, 1.82) is 0 Å². The van der Waals surface area contributed by atoms with Gasteiger partial charge in [-0.15, -0.1) is 6.58 Å². The molecule has 0 saturated heterocycles. The predicted octanol–water partition coefficient (Wildman–Crippen LogP) is 2.98. The number of hydrogen-bond donors (Lipinski definition) is 1. The third-order valence-corrected chi connectivity index (χ3v) is 5.07. The number of halogens is 2. The maximum absolute atomic E-state index is 13.9. The smallest absolute Gasteiger partial charge is 0.338 e. The summed E-state index contributed by atoms with van der Waals surface area (Å²) in [5, 5.41) is 0.452. The van der Waals surface area contributed by atoms with Crippen molar-refractivity contribution in [2.45, 2.75) is 4.90 Å². The Bertz CT molecular complexity index is 974. The van der Waals surface area contributed by atoms with Gasteiger partial charge in [0, 0.05) is 17.1 Å². The second kappa shape index (κ2) is 8.90. The van der Waals surface area contributed by atoms with Crippen LogP contribution < -0.4 is 4.72 Å². The molecule has 0 aliphatic carbocycles. The molecule has 0 spiro atoms. The van der Waals surface area contributed by atoms with Crippen LogP contribution in [0.3, 0.4) is 0 Å².